The number of hydrogen-bond donors (Lipinski definition) is 0. The van der Waals surface area contributed by atoms with Gasteiger partial charge in [-0.1, -0.05) is 30.0 Å². The van der Waals surface area contributed by atoms with E-state index in [1.54, 1.807) is 10.9 Å². The van der Waals surface area contributed by atoms with Crippen LogP contribution >= 0.6 is 11.8 Å². The number of carbonyl (C=O) groups is 1. The van der Waals surface area contributed by atoms with Gasteiger partial charge in [0.25, 0.3) is 5.91 Å². The van der Waals surface area contributed by atoms with Crippen molar-refractivity contribution in [2.24, 2.45) is 5.10 Å². The molecule has 4 heterocycles. The summed E-state index contributed by atoms with van der Waals surface area (Å²) in [6.45, 7) is 6.02. The van der Waals surface area contributed by atoms with Crippen molar-refractivity contribution in [1.82, 2.24) is 25.2 Å². The van der Waals surface area contributed by atoms with Gasteiger partial charge in [0.05, 0.1) is 17.6 Å². The van der Waals surface area contributed by atoms with Gasteiger partial charge in [-0.05, 0) is 55.5 Å². The molecule has 1 aromatic carbocycles. The van der Waals surface area contributed by atoms with E-state index in [1.165, 1.54) is 16.8 Å². The van der Waals surface area contributed by atoms with Crippen molar-refractivity contribution in [3.05, 3.63) is 60.2 Å². The third-order valence-corrected chi connectivity index (χ3v) is 6.05. The molecule has 9 nitrogen and oxygen atoms in total. The molecule has 5 rings (SSSR count). The summed E-state index contributed by atoms with van der Waals surface area (Å²) in [5.74, 6) is 1.32. The molecule has 164 valence electrons. The van der Waals surface area contributed by atoms with Crippen LogP contribution in [0.3, 0.4) is 0 Å². The lowest BCUT2D eigenvalue weighted by Crippen LogP contribution is -2.29. The van der Waals surface area contributed by atoms with Gasteiger partial charge in [0.15, 0.2) is 5.76 Å². The number of nitrogens with zero attached hydrogens (tertiary/aromatic N) is 6. The first-order valence-corrected chi connectivity index (χ1v) is 11.2. The summed E-state index contributed by atoms with van der Waals surface area (Å²) < 4.78 is 13.3. The van der Waals surface area contributed by atoms with E-state index >= 15 is 0 Å². The van der Waals surface area contributed by atoms with Gasteiger partial charge in [0.1, 0.15) is 23.1 Å². The second-order valence-electron chi connectivity index (χ2n) is 8.50. The van der Waals surface area contributed by atoms with Crippen LogP contribution in [0.25, 0.3) is 11.0 Å². The second-order valence-corrected chi connectivity index (χ2v) is 9.44. The van der Waals surface area contributed by atoms with E-state index in [-0.39, 0.29) is 23.2 Å². The minimum Gasteiger partial charge on any atom is -0.467 e. The summed E-state index contributed by atoms with van der Waals surface area (Å²) in [4.78, 5) is 13.2. The Morgan fingerprint density at radius 3 is 2.81 bits per heavy atom. The molecule has 0 N–H and O–H groups in total. The van der Waals surface area contributed by atoms with E-state index < -0.39 is 0 Å². The number of rotatable bonds is 5. The lowest BCUT2D eigenvalue weighted by atomic mass is 10.1. The zero-order chi connectivity index (χ0) is 22.3. The Hall–Kier alpha value is -3.40. The molecule has 0 radical (unpaired) electrons. The SMILES string of the molecule is CC(C)(C)n1nnnc1SCC(=O)N1N=C(c2cc3ccccc3o2)CC1c1ccco1. The maximum absolute atomic E-state index is 13.2. The molecule has 0 bridgehead atoms. The summed E-state index contributed by atoms with van der Waals surface area (Å²) in [7, 11) is 0. The fourth-order valence-electron chi connectivity index (χ4n) is 3.60. The molecule has 1 unspecified atom stereocenters. The molecule has 1 amide bonds. The molecule has 4 aromatic rings. The van der Waals surface area contributed by atoms with Gasteiger partial charge >= 0.3 is 0 Å². The van der Waals surface area contributed by atoms with Crippen LogP contribution in [-0.2, 0) is 10.3 Å². The summed E-state index contributed by atoms with van der Waals surface area (Å²) in [5.41, 5.74) is 1.21. The highest BCUT2D eigenvalue weighted by atomic mass is 32.2. The van der Waals surface area contributed by atoms with Crippen molar-refractivity contribution in [2.45, 2.75) is 43.9 Å². The van der Waals surface area contributed by atoms with Gasteiger partial charge < -0.3 is 8.83 Å². The van der Waals surface area contributed by atoms with Crippen LogP contribution in [0, 0.1) is 0 Å². The molecular formula is C22H22N6O3S. The summed E-state index contributed by atoms with van der Waals surface area (Å²) >= 11 is 1.29. The number of hydrazone groups is 1. The Balaban J connectivity index is 1.40. The van der Waals surface area contributed by atoms with Crippen LogP contribution in [0.1, 0.15) is 44.8 Å². The molecule has 1 atom stereocenters. The molecule has 3 aromatic heterocycles. The Kier molecular flexibility index (Phi) is 5.09. The highest BCUT2D eigenvalue weighted by Crippen LogP contribution is 2.35. The van der Waals surface area contributed by atoms with E-state index in [9.17, 15) is 4.79 Å². The van der Waals surface area contributed by atoms with Crippen LogP contribution in [-0.4, -0.2) is 42.6 Å². The number of amides is 1. The van der Waals surface area contributed by atoms with E-state index in [1.807, 2.05) is 63.2 Å². The van der Waals surface area contributed by atoms with E-state index in [0.717, 1.165) is 11.0 Å². The van der Waals surface area contributed by atoms with Gasteiger partial charge in [0, 0.05) is 11.8 Å². The molecule has 0 saturated heterocycles. The molecule has 0 spiro atoms. The molecule has 32 heavy (non-hydrogen) atoms. The summed E-state index contributed by atoms with van der Waals surface area (Å²) in [5, 5.41) is 19.6. The number of carbonyl (C=O) groups excluding carboxylic acids is 1. The number of hydrogen-bond acceptors (Lipinski definition) is 8. The maximum atomic E-state index is 13.2. The minimum atomic E-state index is -0.333. The Bertz CT molecular complexity index is 1250. The molecule has 1 aliphatic heterocycles. The number of tetrazole rings is 1. The average molecular weight is 451 g/mol. The predicted octanol–water partition coefficient (Wildman–Crippen LogP) is 4.24. The Morgan fingerprint density at radius 1 is 1.22 bits per heavy atom. The monoisotopic (exact) mass is 450 g/mol. The predicted molar refractivity (Wildman–Crippen MR) is 119 cm³/mol. The molecule has 10 heteroatoms. The molecular weight excluding hydrogens is 428 g/mol. The maximum Gasteiger partial charge on any atom is 0.253 e. The Morgan fingerprint density at radius 2 is 2.06 bits per heavy atom. The average Bonchev–Trinajstić information content (AvgIpc) is 3.55. The quantitative estimate of drug-likeness (QED) is 0.419. The molecule has 0 fully saturated rings. The first-order valence-electron chi connectivity index (χ1n) is 10.2. The van der Waals surface area contributed by atoms with Crippen LogP contribution < -0.4 is 0 Å². The van der Waals surface area contributed by atoms with E-state index in [0.29, 0.717) is 28.8 Å². The highest BCUT2D eigenvalue weighted by molar-refractivity contribution is 7.99. The third-order valence-electron chi connectivity index (χ3n) is 5.15. The van der Waals surface area contributed by atoms with Crippen molar-refractivity contribution in [1.29, 1.82) is 0 Å². The lowest BCUT2D eigenvalue weighted by molar-refractivity contribution is -0.130. The number of benzene rings is 1. The number of aromatic nitrogens is 4. The number of thioether (sulfide) groups is 1. The van der Waals surface area contributed by atoms with E-state index in [4.69, 9.17) is 8.83 Å². The minimum absolute atomic E-state index is 0.143. The summed E-state index contributed by atoms with van der Waals surface area (Å²) in [6.07, 6.45) is 2.10. The van der Waals surface area contributed by atoms with Crippen molar-refractivity contribution in [2.75, 3.05) is 5.75 Å². The normalized spacial score (nSPS) is 16.7. The topological polar surface area (TPSA) is 103 Å². The Labute approximate surface area is 188 Å². The van der Waals surface area contributed by atoms with Crippen molar-refractivity contribution in [3.63, 3.8) is 0 Å². The van der Waals surface area contributed by atoms with Crippen molar-refractivity contribution >= 4 is 34.3 Å². The summed E-state index contributed by atoms with van der Waals surface area (Å²) in [6, 6.07) is 13.1. The van der Waals surface area contributed by atoms with Crippen molar-refractivity contribution < 1.29 is 13.6 Å². The van der Waals surface area contributed by atoms with Crippen molar-refractivity contribution in [3.8, 4) is 0 Å². The van der Waals surface area contributed by atoms with Gasteiger partial charge in [-0.25, -0.2) is 9.69 Å². The third kappa shape index (κ3) is 3.81. The molecule has 1 aliphatic rings. The first kappa shape index (κ1) is 20.5. The lowest BCUT2D eigenvalue weighted by Gasteiger charge is -2.21. The highest BCUT2D eigenvalue weighted by Gasteiger charge is 2.36. The molecule has 0 saturated carbocycles. The fraction of sp³-hybridized carbons (Fsp3) is 0.318. The number of furan rings is 2. The smallest absolute Gasteiger partial charge is 0.253 e. The van der Waals surface area contributed by atoms with Crippen LogP contribution in [0.2, 0.25) is 0 Å². The van der Waals surface area contributed by atoms with E-state index in [2.05, 4.69) is 20.6 Å². The zero-order valence-electron chi connectivity index (χ0n) is 17.9. The van der Waals surface area contributed by atoms with Crippen LogP contribution in [0.4, 0.5) is 0 Å². The standard InChI is InChI=1S/C22H22N6O3S/c1-22(2,3)28-21(23-25-26-28)32-13-20(29)27-16(18-9-6-10-30-18)12-15(24-27)19-11-14-7-4-5-8-17(14)31-19/h4-11,16H,12-13H2,1-3H3. The van der Waals surface area contributed by atoms with Crippen LogP contribution in [0.15, 0.2) is 67.8 Å². The largest absolute Gasteiger partial charge is 0.467 e. The second kappa shape index (κ2) is 7.94. The fourth-order valence-corrected chi connectivity index (χ4v) is 4.51. The van der Waals surface area contributed by atoms with Gasteiger partial charge in [-0.15, -0.1) is 5.10 Å². The first-order chi connectivity index (χ1) is 15.4. The van der Waals surface area contributed by atoms with Gasteiger partial charge in [-0.3, -0.25) is 4.79 Å². The van der Waals surface area contributed by atoms with Gasteiger partial charge in [-0.2, -0.15) is 5.10 Å². The number of fused-ring (bicyclic) bond motifs is 1. The zero-order valence-corrected chi connectivity index (χ0v) is 18.7. The van der Waals surface area contributed by atoms with Crippen LogP contribution in [0.5, 0.6) is 0 Å². The molecule has 0 aliphatic carbocycles. The van der Waals surface area contributed by atoms with Gasteiger partial charge in [0.2, 0.25) is 5.16 Å². The number of para-hydroxylation sites is 1.